The van der Waals surface area contributed by atoms with Crippen molar-refractivity contribution in [1.82, 2.24) is 4.90 Å². The summed E-state index contributed by atoms with van der Waals surface area (Å²) >= 11 is 0. The van der Waals surface area contributed by atoms with E-state index >= 15 is 0 Å². The lowest BCUT2D eigenvalue weighted by molar-refractivity contribution is -0.141. The molecule has 7 atom stereocenters. The fraction of sp³-hybridized carbons (Fsp3) is 0.592. The first-order valence-electron chi connectivity index (χ1n) is 22.8. The number of esters is 1. The number of ether oxygens (including phenoxy) is 5. The topological polar surface area (TPSA) is 194 Å². The molecule has 5 heterocycles. The van der Waals surface area contributed by atoms with E-state index in [4.69, 9.17) is 23.7 Å². The molecule has 14 nitrogen and oxygen atoms in total. The summed E-state index contributed by atoms with van der Waals surface area (Å²) in [5.74, 6) is -2.87. The molecule has 1 aliphatic carbocycles. The fourth-order valence-corrected chi connectivity index (χ4v) is 11.0. The normalized spacial score (nSPS) is 26.4. The first-order chi connectivity index (χ1) is 30.5. The van der Waals surface area contributed by atoms with Crippen molar-refractivity contribution in [3.8, 4) is 17.2 Å². The van der Waals surface area contributed by atoms with Gasteiger partial charge >= 0.3 is 5.97 Å². The summed E-state index contributed by atoms with van der Waals surface area (Å²) in [4.78, 5) is 48.9. The first-order valence-corrected chi connectivity index (χ1v) is 22.8. The molecule has 0 amide bonds. The Kier molecular flexibility index (Phi) is 13.6. The van der Waals surface area contributed by atoms with Gasteiger partial charge in [0, 0.05) is 68.2 Å². The summed E-state index contributed by atoms with van der Waals surface area (Å²) in [6.45, 7) is 7.34. The van der Waals surface area contributed by atoms with E-state index in [9.17, 15) is 34.8 Å². The van der Waals surface area contributed by atoms with Gasteiger partial charge in [-0.3, -0.25) is 14.6 Å². The van der Waals surface area contributed by atoms with Crippen molar-refractivity contribution < 1.29 is 58.5 Å². The van der Waals surface area contributed by atoms with E-state index in [1.54, 1.807) is 14.0 Å². The number of hydrogen-bond donors (Lipinski definition) is 4. The molecule has 0 aromatic heterocycles. The maximum Gasteiger partial charge on any atom is 0.375 e. The van der Waals surface area contributed by atoms with Crippen LogP contribution in [-0.4, -0.2) is 121 Å². The number of nitrogens with zero attached hydrogens (tertiary/aromatic N) is 2. The monoisotopic (exact) mass is 870 g/mol. The Balaban J connectivity index is 1.31. The Hall–Kier alpha value is -4.44. The lowest BCUT2D eigenvalue weighted by Gasteiger charge is -2.46. The molecule has 1 saturated heterocycles. The first kappa shape index (κ1) is 45.1. The number of hydrogen-bond acceptors (Lipinski definition) is 14. The van der Waals surface area contributed by atoms with Crippen molar-refractivity contribution in [2.24, 2.45) is 22.7 Å². The number of allylic oxidation sites excluding steroid dienone is 3. The number of methoxy groups -OCH3 is 1. The number of aldehydes is 1. The van der Waals surface area contributed by atoms with Gasteiger partial charge in [0.15, 0.2) is 6.29 Å². The second-order valence-corrected chi connectivity index (χ2v) is 18.1. The van der Waals surface area contributed by atoms with Gasteiger partial charge in [0.1, 0.15) is 34.7 Å². The van der Waals surface area contributed by atoms with E-state index in [1.807, 2.05) is 25.1 Å². The van der Waals surface area contributed by atoms with Crippen LogP contribution in [0.4, 0.5) is 0 Å². The van der Waals surface area contributed by atoms with Crippen LogP contribution in [0.3, 0.4) is 0 Å². The highest BCUT2D eigenvalue weighted by Crippen LogP contribution is 2.57. The average molecular weight is 871 g/mol. The molecule has 1 saturated carbocycles. The third-order valence-electron chi connectivity index (χ3n) is 14.5. The van der Waals surface area contributed by atoms with Gasteiger partial charge in [0.25, 0.3) is 0 Å². The lowest BCUT2D eigenvalue weighted by Crippen LogP contribution is -2.54. The highest BCUT2D eigenvalue weighted by atomic mass is 16.6. The molecule has 0 radical (unpaired) electrons. The molecule has 2 bridgehead atoms. The molecular formula is C49H62N2O12. The van der Waals surface area contributed by atoms with Crippen molar-refractivity contribution in [2.75, 3.05) is 59.8 Å². The molecular weight excluding hydrogens is 809 g/mol. The lowest BCUT2D eigenvalue weighted by atomic mass is 9.70. The summed E-state index contributed by atoms with van der Waals surface area (Å²) in [6.07, 6.45) is 6.59. The van der Waals surface area contributed by atoms with E-state index in [0.29, 0.717) is 54.6 Å². The van der Waals surface area contributed by atoms with E-state index in [2.05, 4.69) is 16.8 Å². The molecule has 0 unspecified atom stereocenters. The predicted octanol–water partition coefficient (Wildman–Crippen LogP) is 3.03. The van der Waals surface area contributed by atoms with Gasteiger partial charge in [-0.05, 0) is 106 Å². The molecule has 5 aliphatic heterocycles. The zero-order chi connectivity index (χ0) is 44.6. The highest BCUT2D eigenvalue weighted by Gasteiger charge is 2.50. The second-order valence-electron chi connectivity index (χ2n) is 18.1. The van der Waals surface area contributed by atoms with Crippen LogP contribution in [0, 0.1) is 17.8 Å². The van der Waals surface area contributed by atoms with Gasteiger partial charge in [-0.25, -0.2) is 4.79 Å². The van der Waals surface area contributed by atoms with Crippen molar-refractivity contribution >= 4 is 29.7 Å². The summed E-state index contributed by atoms with van der Waals surface area (Å²) in [5, 5.41) is 47.3. The van der Waals surface area contributed by atoms with E-state index in [-0.39, 0.29) is 96.9 Å². The zero-order valence-electron chi connectivity index (χ0n) is 37.0. The van der Waals surface area contributed by atoms with Crippen molar-refractivity contribution in [3.05, 3.63) is 67.4 Å². The average Bonchev–Trinajstić information content (AvgIpc) is 3.96. The molecule has 4 N–H and O–H groups in total. The third-order valence-corrected chi connectivity index (χ3v) is 14.5. The number of aliphatic hydroxyl groups is 4. The van der Waals surface area contributed by atoms with Gasteiger partial charge in [-0.2, -0.15) is 0 Å². The molecule has 6 aliphatic rings. The number of carbonyl (C=O) groups excluding carboxylic acids is 3. The maximum absolute atomic E-state index is 14.5. The molecule has 8 rings (SSSR count). The van der Waals surface area contributed by atoms with Crippen LogP contribution < -0.4 is 24.8 Å². The standard InChI is InChI=1S/C49H62N2O12/c1-5-33-20-32(11-14-51(33)13-7-15-59-4)49(3,58)40-21-36-44(62-40)38(25-55)46-42-41(37(24-54)47(63-46)48(57)60-6-2)30-16-31(23-53)43(56)35(18-30)34-17-29-10-12-50-39(29)19-28(34)9-8-27(22-52)26-61-45(36)42/h10,17,19,24,27,31-33,35,40,52-53,55,58H,5-9,11-16,18,20-23,25-26H2,1-4H3/t27-,31+,32+,33+,35+,40-,49+/m0/s1. The van der Waals surface area contributed by atoms with Crippen LogP contribution in [0.5, 0.6) is 17.2 Å². The zero-order valence-corrected chi connectivity index (χ0v) is 37.0. The van der Waals surface area contributed by atoms with Crippen LogP contribution in [-0.2, 0) is 43.3 Å². The largest absolute Gasteiger partial charge is 0.492 e. The maximum atomic E-state index is 14.5. The molecule has 63 heavy (non-hydrogen) atoms. The molecule has 2 aromatic rings. The van der Waals surface area contributed by atoms with Crippen molar-refractivity contribution in [3.63, 3.8) is 0 Å². The number of piperidine rings is 1. The Morgan fingerprint density at radius 3 is 2.62 bits per heavy atom. The predicted molar refractivity (Wildman–Crippen MR) is 232 cm³/mol. The van der Waals surface area contributed by atoms with Crippen LogP contribution in [0.2, 0.25) is 0 Å². The second kappa shape index (κ2) is 19.0. The van der Waals surface area contributed by atoms with E-state index in [0.717, 1.165) is 60.5 Å². The number of aryl methyl sites for hydroxylation is 1. The summed E-state index contributed by atoms with van der Waals surface area (Å²) < 4.78 is 30.9. The summed E-state index contributed by atoms with van der Waals surface area (Å²) in [6, 6.07) is 4.28. The molecule has 2 fully saturated rings. The van der Waals surface area contributed by atoms with Gasteiger partial charge in [0.2, 0.25) is 5.76 Å². The van der Waals surface area contributed by atoms with E-state index < -0.39 is 42.7 Å². The summed E-state index contributed by atoms with van der Waals surface area (Å²) in [7, 11) is 1.71. The van der Waals surface area contributed by atoms with Crippen LogP contribution in [0.1, 0.15) is 99.5 Å². The fourth-order valence-electron chi connectivity index (χ4n) is 11.0. The van der Waals surface area contributed by atoms with Crippen molar-refractivity contribution in [2.45, 2.75) is 109 Å². The van der Waals surface area contributed by atoms with Gasteiger partial charge in [-0.15, -0.1) is 0 Å². The summed E-state index contributed by atoms with van der Waals surface area (Å²) in [5.41, 5.74) is 2.29. The number of fused-ring (bicyclic) bond motifs is 7. The van der Waals surface area contributed by atoms with Crippen LogP contribution in [0.15, 0.2) is 34.0 Å². The van der Waals surface area contributed by atoms with Gasteiger partial charge in [-0.1, -0.05) is 18.6 Å². The minimum Gasteiger partial charge on any atom is -0.492 e. The number of likely N-dealkylation sites (tertiary alicyclic amines) is 1. The van der Waals surface area contributed by atoms with Crippen LogP contribution >= 0.6 is 0 Å². The number of Topliss-reactive ketones (excluding diaryl/α,β-unsaturated/α-hetero) is 1. The number of benzene rings is 2. The molecule has 0 spiro atoms. The number of rotatable bonds is 13. The number of aliphatic hydroxyl groups excluding tert-OH is 3. The van der Waals surface area contributed by atoms with E-state index in [1.165, 1.54) is 0 Å². The van der Waals surface area contributed by atoms with Crippen molar-refractivity contribution in [1.29, 1.82) is 0 Å². The molecule has 2 aromatic carbocycles. The Morgan fingerprint density at radius 1 is 1.08 bits per heavy atom. The minimum absolute atomic E-state index is 0.0110. The third kappa shape index (κ3) is 8.27. The number of ketones is 1. The Morgan fingerprint density at radius 2 is 1.90 bits per heavy atom. The quantitative estimate of drug-likeness (QED) is 0.131. The highest BCUT2D eigenvalue weighted by molar-refractivity contribution is 6.11. The van der Waals surface area contributed by atoms with Crippen LogP contribution in [0.25, 0.3) is 11.6 Å². The Bertz CT molecular complexity index is 2320. The van der Waals surface area contributed by atoms with Gasteiger partial charge in [0.05, 0.1) is 55.0 Å². The molecule has 340 valence electrons. The number of carbonyl (C=O) groups is 3. The smallest absolute Gasteiger partial charge is 0.375 e. The van der Waals surface area contributed by atoms with Gasteiger partial charge < -0.3 is 49.0 Å². The Labute approximate surface area is 368 Å². The minimum atomic E-state index is -1.33. The SMILES string of the molecule is CCOC(=O)C1=C(C=O)C2=C3C[C@H](CO)C(=O)[C@H](C3)c3cc4c(cc3CC[C@@H](CO)COc3c5c(c(CO)c(c32)O1)O[C@H]([C@](C)(O)[C@@H]1CCN(CCCOC)[C@H](CC)C1)C5)=NCC=4. The molecule has 14 heteroatoms.